The number of ether oxygens (including phenoxy) is 2. The predicted octanol–water partition coefficient (Wildman–Crippen LogP) is 2.07. The predicted molar refractivity (Wildman–Crippen MR) is 79.0 cm³/mol. The Morgan fingerprint density at radius 2 is 2.43 bits per heavy atom. The summed E-state index contributed by atoms with van der Waals surface area (Å²) in [6.45, 7) is 2.56. The average molecular weight is 310 g/mol. The molecule has 7 heteroatoms. The van der Waals surface area contributed by atoms with Gasteiger partial charge in [-0.25, -0.2) is 0 Å². The van der Waals surface area contributed by atoms with Crippen LogP contribution in [0, 0.1) is 0 Å². The van der Waals surface area contributed by atoms with Gasteiger partial charge < -0.3 is 19.3 Å². The molecular weight excluding hydrogens is 292 g/mol. The number of methoxy groups -OCH3 is 1. The largest absolute Gasteiger partial charge is 0.383 e. The Bertz CT molecular complexity index is 553. The number of amides is 1. The lowest BCUT2D eigenvalue weighted by molar-refractivity contribution is -0.127. The molecule has 0 fully saturated rings. The lowest BCUT2D eigenvalue weighted by Crippen LogP contribution is -2.37. The van der Waals surface area contributed by atoms with Gasteiger partial charge in [0.1, 0.15) is 12.3 Å². The molecule has 0 spiro atoms. The van der Waals surface area contributed by atoms with Gasteiger partial charge in [0.2, 0.25) is 5.91 Å². The summed E-state index contributed by atoms with van der Waals surface area (Å²) in [5, 5.41) is 8.65. The maximum atomic E-state index is 11.6. The number of carbonyl (C=O) groups excluding carboxylic acids is 1. The highest BCUT2D eigenvalue weighted by Gasteiger charge is 2.10. The SMILES string of the molecule is COC[C@H](C)NC(=O)COCc1cc(-c2cccs2)on1. The summed E-state index contributed by atoms with van der Waals surface area (Å²) in [4.78, 5) is 12.6. The van der Waals surface area contributed by atoms with Crippen LogP contribution in [-0.4, -0.2) is 37.4 Å². The first-order valence-corrected chi connectivity index (χ1v) is 7.42. The van der Waals surface area contributed by atoms with Gasteiger partial charge in [-0.05, 0) is 18.4 Å². The van der Waals surface area contributed by atoms with Crippen LogP contribution in [-0.2, 0) is 20.9 Å². The van der Waals surface area contributed by atoms with Crippen molar-refractivity contribution in [3.05, 3.63) is 29.3 Å². The average Bonchev–Trinajstić information content (AvgIpc) is 3.09. The summed E-state index contributed by atoms with van der Waals surface area (Å²) >= 11 is 1.58. The van der Waals surface area contributed by atoms with Gasteiger partial charge in [-0.1, -0.05) is 11.2 Å². The van der Waals surface area contributed by atoms with Crippen molar-refractivity contribution in [1.82, 2.24) is 10.5 Å². The van der Waals surface area contributed by atoms with Crippen LogP contribution in [0.4, 0.5) is 0 Å². The van der Waals surface area contributed by atoms with Crippen molar-refractivity contribution in [3.8, 4) is 10.6 Å². The van der Waals surface area contributed by atoms with E-state index in [1.165, 1.54) is 0 Å². The summed E-state index contributed by atoms with van der Waals surface area (Å²) in [7, 11) is 1.59. The van der Waals surface area contributed by atoms with Crippen LogP contribution in [0.5, 0.6) is 0 Å². The van der Waals surface area contributed by atoms with E-state index in [0.29, 0.717) is 18.1 Å². The molecule has 1 atom stereocenters. The van der Waals surface area contributed by atoms with Gasteiger partial charge in [0.05, 0.1) is 18.1 Å². The minimum Gasteiger partial charge on any atom is -0.383 e. The highest BCUT2D eigenvalue weighted by molar-refractivity contribution is 7.13. The summed E-state index contributed by atoms with van der Waals surface area (Å²) < 4.78 is 15.5. The van der Waals surface area contributed by atoms with Gasteiger partial charge in [-0.2, -0.15) is 0 Å². The van der Waals surface area contributed by atoms with E-state index >= 15 is 0 Å². The molecule has 2 aromatic rings. The minimum absolute atomic E-state index is 0.0186. The van der Waals surface area contributed by atoms with Crippen molar-refractivity contribution in [1.29, 1.82) is 0 Å². The molecule has 6 nitrogen and oxygen atoms in total. The summed E-state index contributed by atoms with van der Waals surface area (Å²) in [6, 6.07) is 5.69. The first-order chi connectivity index (χ1) is 10.2. The number of thiophene rings is 1. The van der Waals surface area contributed by atoms with Crippen molar-refractivity contribution in [2.75, 3.05) is 20.3 Å². The number of aromatic nitrogens is 1. The topological polar surface area (TPSA) is 73.6 Å². The Morgan fingerprint density at radius 1 is 1.57 bits per heavy atom. The second kappa shape index (κ2) is 7.92. The number of nitrogens with zero attached hydrogens (tertiary/aromatic N) is 1. The number of rotatable bonds is 8. The number of hydrogen-bond donors (Lipinski definition) is 1. The molecule has 0 aliphatic rings. The van der Waals surface area contributed by atoms with E-state index in [0.717, 1.165) is 4.88 Å². The van der Waals surface area contributed by atoms with Gasteiger partial charge in [0, 0.05) is 19.2 Å². The minimum atomic E-state index is -0.179. The van der Waals surface area contributed by atoms with Gasteiger partial charge in [0.25, 0.3) is 0 Å². The fourth-order valence-electron chi connectivity index (χ4n) is 1.77. The molecule has 0 saturated heterocycles. The molecule has 2 heterocycles. The Kier molecular flexibility index (Phi) is 5.91. The van der Waals surface area contributed by atoms with E-state index in [4.69, 9.17) is 14.0 Å². The Hall–Kier alpha value is -1.70. The van der Waals surface area contributed by atoms with Crippen LogP contribution in [0.2, 0.25) is 0 Å². The normalized spacial score (nSPS) is 12.3. The van der Waals surface area contributed by atoms with Crippen LogP contribution >= 0.6 is 11.3 Å². The van der Waals surface area contributed by atoms with Gasteiger partial charge in [-0.3, -0.25) is 4.79 Å². The second-order valence-electron chi connectivity index (χ2n) is 4.58. The van der Waals surface area contributed by atoms with Crippen molar-refractivity contribution in [3.63, 3.8) is 0 Å². The third kappa shape index (κ3) is 4.96. The maximum Gasteiger partial charge on any atom is 0.246 e. The highest BCUT2D eigenvalue weighted by atomic mass is 32.1. The van der Waals surface area contributed by atoms with Crippen LogP contribution in [0.25, 0.3) is 10.6 Å². The molecule has 0 unspecified atom stereocenters. The molecule has 0 aromatic carbocycles. The smallest absolute Gasteiger partial charge is 0.246 e. The quantitative estimate of drug-likeness (QED) is 0.808. The van der Waals surface area contributed by atoms with Crippen LogP contribution < -0.4 is 5.32 Å². The Labute approximate surface area is 127 Å². The van der Waals surface area contributed by atoms with E-state index in [1.54, 1.807) is 18.4 Å². The van der Waals surface area contributed by atoms with E-state index < -0.39 is 0 Å². The number of carbonyl (C=O) groups is 1. The highest BCUT2D eigenvalue weighted by Crippen LogP contribution is 2.25. The fraction of sp³-hybridized carbons (Fsp3) is 0.429. The number of hydrogen-bond acceptors (Lipinski definition) is 6. The molecule has 0 radical (unpaired) electrons. The third-order valence-corrected chi connectivity index (χ3v) is 3.51. The zero-order valence-corrected chi connectivity index (χ0v) is 12.8. The third-order valence-electron chi connectivity index (χ3n) is 2.63. The lowest BCUT2D eigenvalue weighted by atomic mass is 10.3. The van der Waals surface area contributed by atoms with Crippen molar-refractivity contribution in [2.24, 2.45) is 0 Å². The summed E-state index contributed by atoms with van der Waals surface area (Å²) in [5.41, 5.74) is 0.663. The molecule has 0 bridgehead atoms. The molecule has 0 aliphatic carbocycles. The zero-order chi connectivity index (χ0) is 15.1. The van der Waals surface area contributed by atoms with Crippen molar-refractivity contribution in [2.45, 2.75) is 19.6 Å². The summed E-state index contributed by atoms with van der Waals surface area (Å²) in [6.07, 6.45) is 0. The van der Waals surface area contributed by atoms with Crippen LogP contribution in [0.15, 0.2) is 28.1 Å². The Balaban J connectivity index is 1.73. The molecular formula is C14H18N2O4S. The second-order valence-corrected chi connectivity index (χ2v) is 5.52. The molecule has 2 rings (SSSR count). The molecule has 0 saturated carbocycles. The molecule has 0 aliphatic heterocycles. The van der Waals surface area contributed by atoms with E-state index in [2.05, 4.69) is 10.5 Å². The van der Waals surface area contributed by atoms with E-state index in [1.807, 2.05) is 30.5 Å². The molecule has 1 N–H and O–H groups in total. The first-order valence-electron chi connectivity index (χ1n) is 6.54. The number of nitrogens with one attached hydrogen (secondary N) is 1. The van der Waals surface area contributed by atoms with Crippen LogP contribution in [0.1, 0.15) is 12.6 Å². The van der Waals surface area contributed by atoms with Gasteiger partial charge >= 0.3 is 0 Å². The van der Waals surface area contributed by atoms with Crippen molar-refractivity contribution >= 4 is 17.2 Å². The van der Waals surface area contributed by atoms with Gasteiger partial charge in [-0.15, -0.1) is 11.3 Å². The molecule has 1 amide bonds. The van der Waals surface area contributed by atoms with E-state index in [-0.39, 0.29) is 25.2 Å². The maximum absolute atomic E-state index is 11.6. The summed E-state index contributed by atoms with van der Waals surface area (Å²) in [5.74, 6) is 0.531. The van der Waals surface area contributed by atoms with Gasteiger partial charge in [0.15, 0.2) is 5.76 Å². The van der Waals surface area contributed by atoms with Crippen LogP contribution in [0.3, 0.4) is 0 Å². The van der Waals surface area contributed by atoms with Crippen molar-refractivity contribution < 1.29 is 18.8 Å². The Morgan fingerprint density at radius 3 is 3.14 bits per heavy atom. The molecule has 114 valence electrons. The first kappa shape index (κ1) is 15.7. The molecule has 21 heavy (non-hydrogen) atoms. The standard InChI is InChI=1S/C14H18N2O4S/c1-10(7-18-2)15-14(17)9-19-8-11-6-12(20-16-11)13-4-3-5-21-13/h3-6,10H,7-9H2,1-2H3,(H,15,17)/t10-/m0/s1. The van der Waals surface area contributed by atoms with E-state index in [9.17, 15) is 4.79 Å². The monoisotopic (exact) mass is 310 g/mol. The molecule has 2 aromatic heterocycles. The lowest BCUT2D eigenvalue weighted by Gasteiger charge is -2.12. The fourth-order valence-corrected chi connectivity index (χ4v) is 2.44. The zero-order valence-electron chi connectivity index (χ0n) is 12.0.